The van der Waals surface area contributed by atoms with E-state index < -0.39 is 0 Å². The Morgan fingerprint density at radius 1 is 1.44 bits per heavy atom. The van der Waals surface area contributed by atoms with Crippen LogP contribution in [0.4, 0.5) is 10.1 Å². The minimum atomic E-state index is -0.302. The van der Waals surface area contributed by atoms with Gasteiger partial charge in [0.15, 0.2) is 0 Å². The zero-order valence-corrected chi connectivity index (χ0v) is 12.2. The highest BCUT2D eigenvalue weighted by Gasteiger charge is 2.17. The molecule has 0 aliphatic carbocycles. The van der Waals surface area contributed by atoms with Gasteiger partial charge in [-0.05, 0) is 53.4 Å². The Kier molecular flexibility index (Phi) is 3.54. The Hall–Kier alpha value is -1.20. The number of nitrogen functional groups attached to an aromatic ring is 1. The number of hydrogen-bond acceptors (Lipinski definition) is 3. The van der Waals surface area contributed by atoms with Crippen LogP contribution in [0.2, 0.25) is 0 Å². The van der Waals surface area contributed by atoms with E-state index >= 15 is 0 Å². The molecule has 2 rings (SSSR count). The molecule has 0 fully saturated rings. The summed E-state index contributed by atoms with van der Waals surface area (Å²) in [5, 5.41) is 0.706. The van der Waals surface area contributed by atoms with Gasteiger partial charge in [0, 0.05) is 11.1 Å². The van der Waals surface area contributed by atoms with Crippen LogP contribution in [-0.2, 0) is 6.42 Å². The number of nitrogens with two attached hydrogens (primary N) is 1. The Morgan fingerprint density at radius 3 is 2.67 bits per heavy atom. The SMILES string of the molecule is CCc1c(C)nc2c(C)cc(F)c(Br)c2c1NN. The van der Waals surface area contributed by atoms with E-state index in [9.17, 15) is 4.39 Å². The van der Waals surface area contributed by atoms with Crippen LogP contribution >= 0.6 is 15.9 Å². The van der Waals surface area contributed by atoms with Crippen molar-refractivity contribution < 1.29 is 4.39 Å². The number of pyridine rings is 1. The first-order valence-electron chi connectivity index (χ1n) is 5.75. The van der Waals surface area contributed by atoms with Crippen LogP contribution in [0.25, 0.3) is 10.9 Å². The van der Waals surface area contributed by atoms with Crippen LogP contribution in [0, 0.1) is 19.7 Å². The average Bonchev–Trinajstić information content (AvgIpc) is 2.34. The van der Waals surface area contributed by atoms with Crippen molar-refractivity contribution in [3.05, 3.63) is 33.2 Å². The molecule has 96 valence electrons. The summed E-state index contributed by atoms with van der Waals surface area (Å²) >= 11 is 3.28. The van der Waals surface area contributed by atoms with Crippen LogP contribution in [0.1, 0.15) is 23.7 Å². The summed E-state index contributed by atoms with van der Waals surface area (Å²) < 4.78 is 14.2. The molecule has 0 bridgehead atoms. The highest BCUT2D eigenvalue weighted by Crippen LogP contribution is 2.36. The van der Waals surface area contributed by atoms with Gasteiger partial charge in [-0.15, -0.1) is 0 Å². The van der Waals surface area contributed by atoms with Crippen molar-refractivity contribution in [2.24, 2.45) is 5.84 Å². The number of aryl methyl sites for hydroxylation is 2. The predicted octanol–water partition coefficient (Wildman–Crippen LogP) is 3.60. The van der Waals surface area contributed by atoms with Crippen LogP contribution < -0.4 is 11.3 Å². The molecule has 0 saturated carbocycles. The van der Waals surface area contributed by atoms with Gasteiger partial charge in [0.1, 0.15) is 5.82 Å². The lowest BCUT2D eigenvalue weighted by atomic mass is 10.0. The van der Waals surface area contributed by atoms with Gasteiger partial charge in [-0.25, -0.2) is 4.39 Å². The highest BCUT2D eigenvalue weighted by atomic mass is 79.9. The number of hydrogen-bond donors (Lipinski definition) is 2. The number of nitrogens with one attached hydrogen (secondary N) is 1. The molecule has 0 spiro atoms. The van der Waals surface area contributed by atoms with Crippen LogP contribution in [0.15, 0.2) is 10.5 Å². The Morgan fingerprint density at radius 2 is 2.11 bits per heavy atom. The summed E-state index contributed by atoms with van der Waals surface area (Å²) in [6.45, 7) is 5.81. The molecule has 1 aromatic carbocycles. The van der Waals surface area contributed by atoms with Gasteiger partial charge in [0.2, 0.25) is 0 Å². The monoisotopic (exact) mass is 311 g/mol. The van der Waals surface area contributed by atoms with E-state index in [2.05, 4.69) is 26.3 Å². The standard InChI is InChI=1S/C13H15BrFN3/c1-4-8-7(3)17-12-6(2)5-9(15)11(14)10(12)13(8)18-16/h5H,4,16H2,1-3H3,(H,17,18). The Labute approximate surface area is 114 Å². The lowest BCUT2D eigenvalue weighted by Gasteiger charge is -2.16. The molecule has 18 heavy (non-hydrogen) atoms. The number of rotatable bonds is 2. The lowest BCUT2D eigenvalue weighted by molar-refractivity contribution is 0.622. The van der Waals surface area contributed by atoms with Gasteiger partial charge in [-0.3, -0.25) is 10.8 Å². The van der Waals surface area contributed by atoms with E-state index in [1.807, 2.05) is 20.8 Å². The minimum Gasteiger partial charge on any atom is -0.323 e. The van der Waals surface area contributed by atoms with E-state index in [0.717, 1.165) is 34.4 Å². The zero-order valence-electron chi connectivity index (χ0n) is 10.6. The maximum Gasteiger partial charge on any atom is 0.138 e. The van der Waals surface area contributed by atoms with Gasteiger partial charge in [-0.1, -0.05) is 6.92 Å². The summed E-state index contributed by atoms with van der Waals surface area (Å²) in [7, 11) is 0. The van der Waals surface area contributed by atoms with Gasteiger partial charge in [-0.2, -0.15) is 0 Å². The molecule has 1 aromatic heterocycles. The van der Waals surface area contributed by atoms with Crippen molar-refractivity contribution in [2.75, 3.05) is 5.43 Å². The number of fused-ring (bicyclic) bond motifs is 1. The largest absolute Gasteiger partial charge is 0.323 e. The number of halogens is 2. The first kappa shape index (κ1) is 13.2. The number of anilines is 1. The molecule has 2 aromatic rings. The molecule has 3 nitrogen and oxygen atoms in total. The number of hydrazine groups is 1. The topological polar surface area (TPSA) is 50.9 Å². The smallest absolute Gasteiger partial charge is 0.138 e. The molecule has 0 aliphatic rings. The lowest BCUT2D eigenvalue weighted by Crippen LogP contribution is -2.12. The maximum atomic E-state index is 13.8. The third kappa shape index (κ3) is 1.87. The van der Waals surface area contributed by atoms with Crippen molar-refractivity contribution in [1.29, 1.82) is 0 Å². The summed E-state index contributed by atoms with van der Waals surface area (Å²) in [4.78, 5) is 4.56. The second-order valence-corrected chi connectivity index (χ2v) is 5.05. The fourth-order valence-electron chi connectivity index (χ4n) is 2.27. The van der Waals surface area contributed by atoms with E-state index in [1.54, 1.807) is 0 Å². The number of benzene rings is 1. The third-order valence-corrected chi connectivity index (χ3v) is 3.92. The minimum absolute atomic E-state index is 0.302. The summed E-state index contributed by atoms with van der Waals surface area (Å²) in [5.74, 6) is 5.31. The molecule has 0 radical (unpaired) electrons. The van der Waals surface area contributed by atoms with E-state index in [1.165, 1.54) is 6.07 Å². The molecule has 5 heteroatoms. The van der Waals surface area contributed by atoms with Gasteiger partial charge in [0.05, 0.1) is 15.7 Å². The quantitative estimate of drug-likeness (QED) is 0.658. The van der Waals surface area contributed by atoms with Crippen molar-refractivity contribution >= 4 is 32.5 Å². The molecule has 0 saturated heterocycles. The second-order valence-electron chi connectivity index (χ2n) is 4.26. The molecule has 0 atom stereocenters. The number of aromatic nitrogens is 1. The molecule has 0 aliphatic heterocycles. The van der Waals surface area contributed by atoms with Crippen molar-refractivity contribution in [2.45, 2.75) is 27.2 Å². The fraction of sp³-hybridized carbons (Fsp3) is 0.308. The molecule has 0 unspecified atom stereocenters. The predicted molar refractivity (Wildman–Crippen MR) is 76.1 cm³/mol. The Bertz CT molecular complexity index is 626. The summed E-state index contributed by atoms with van der Waals surface area (Å²) in [6, 6.07) is 1.48. The maximum absolute atomic E-state index is 13.8. The molecular formula is C13H15BrFN3. The van der Waals surface area contributed by atoms with Crippen LogP contribution in [0.5, 0.6) is 0 Å². The van der Waals surface area contributed by atoms with Crippen molar-refractivity contribution in [3.63, 3.8) is 0 Å². The third-order valence-electron chi connectivity index (χ3n) is 3.15. The van der Waals surface area contributed by atoms with Gasteiger partial charge in [0.25, 0.3) is 0 Å². The average molecular weight is 312 g/mol. The van der Waals surface area contributed by atoms with Gasteiger partial charge < -0.3 is 5.43 Å². The zero-order chi connectivity index (χ0) is 13.4. The normalized spacial score (nSPS) is 11.0. The molecule has 0 amide bonds. The fourth-order valence-corrected chi connectivity index (χ4v) is 2.77. The summed E-state index contributed by atoms with van der Waals surface area (Å²) in [5.41, 5.74) is 6.93. The van der Waals surface area contributed by atoms with Crippen LogP contribution in [-0.4, -0.2) is 4.98 Å². The molecule has 1 heterocycles. The molecule has 3 N–H and O–H groups in total. The number of nitrogens with zero attached hydrogens (tertiary/aromatic N) is 1. The summed E-state index contributed by atoms with van der Waals surface area (Å²) in [6.07, 6.45) is 0.788. The van der Waals surface area contributed by atoms with Crippen LogP contribution in [0.3, 0.4) is 0 Å². The first-order chi connectivity index (χ1) is 8.51. The second kappa shape index (κ2) is 4.82. The van der Waals surface area contributed by atoms with E-state index in [0.29, 0.717) is 9.86 Å². The van der Waals surface area contributed by atoms with Crippen molar-refractivity contribution in [3.8, 4) is 0 Å². The molecular weight excluding hydrogens is 297 g/mol. The van der Waals surface area contributed by atoms with Crippen molar-refractivity contribution in [1.82, 2.24) is 4.98 Å². The van der Waals surface area contributed by atoms with E-state index in [4.69, 9.17) is 5.84 Å². The van der Waals surface area contributed by atoms with E-state index in [-0.39, 0.29) is 5.82 Å². The highest BCUT2D eigenvalue weighted by molar-refractivity contribution is 9.10. The first-order valence-corrected chi connectivity index (χ1v) is 6.54. The van der Waals surface area contributed by atoms with Gasteiger partial charge >= 0.3 is 0 Å². The Balaban J connectivity index is 3.03.